The fourth-order valence-electron chi connectivity index (χ4n) is 0.994. The van der Waals surface area contributed by atoms with Gasteiger partial charge in [0.05, 0.1) is 4.88 Å². The molecule has 2 nitrogen and oxygen atoms in total. The fraction of sp³-hybridized carbons (Fsp3) is 0.333. The molecule has 0 saturated heterocycles. The number of carbonyl (C=O) groups excluding carboxylic acids is 2. The van der Waals surface area contributed by atoms with Crippen molar-refractivity contribution >= 4 is 23.7 Å². The number of carbonyl (C=O) groups is 2. The second-order valence-corrected chi connectivity index (χ2v) is 3.83. The zero-order valence-electron chi connectivity index (χ0n) is 6.96. The van der Waals surface area contributed by atoms with Crippen molar-refractivity contribution < 1.29 is 14.0 Å². The number of aryl methyl sites for hydroxylation is 1. The van der Waals surface area contributed by atoms with Gasteiger partial charge in [0.2, 0.25) is 0 Å². The third kappa shape index (κ3) is 3.46. The summed E-state index contributed by atoms with van der Waals surface area (Å²) >= 11 is 1.38. The molecule has 70 valence electrons. The van der Waals surface area contributed by atoms with Crippen molar-refractivity contribution in [3.63, 3.8) is 0 Å². The van der Waals surface area contributed by atoms with E-state index in [0.29, 0.717) is 17.7 Å². The van der Waals surface area contributed by atoms with E-state index in [9.17, 15) is 14.0 Å². The lowest BCUT2D eigenvalue weighted by atomic mass is 10.2. The molecule has 0 spiro atoms. The van der Waals surface area contributed by atoms with Crippen LogP contribution < -0.4 is 0 Å². The average molecular weight is 200 g/mol. The molecule has 1 aromatic rings. The molecule has 0 amide bonds. The summed E-state index contributed by atoms with van der Waals surface area (Å²) in [6.07, 6.45) is 1.92. The van der Waals surface area contributed by atoms with Crippen molar-refractivity contribution in [2.75, 3.05) is 0 Å². The highest BCUT2D eigenvalue weighted by Crippen LogP contribution is 2.16. The molecule has 0 bridgehead atoms. The Balaban J connectivity index is 2.36. The zero-order valence-corrected chi connectivity index (χ0v) is 7.77. The van der Waals surface area contributed by atoms with E-state index in [-0.39, 0.29) is 6.42 Å². The van der Waals surface area contributed by atoms with Crippen LogP contribution in [0.5, 0.6) is 0 Å². The van der Waals surface area contributed by atoms with Crippen LogP contribution in [0.4, 0.5) is 4.39 Å². The second-order valence-electron chi connectivity index (χ2n) is 2.63. The van der Waals surface area contributed by atoms with Gasteiger partial charge >= 0.3 is 6.04 Å². The summed E-state index contributed by atoms with van der Waals surface area (Å²) in [5.41, 5.74) is 0. The maximum atomic E-state index is 11.8. The van der Waals surface area contributed by atoms with Gasteiger partial charge in [0.1, 0.15) is 0 Å². The van der Waals surface area contributed by atoms with Gasteiger partial charge in [-0.25, -0.2) is 0 Å². The molecule has 4 heteroatoms. The Morgan fingerprint density at radius 2 is 2.31 bits per heavy atom. The minimum Gasteiger partial charge on any atom is -0.297 e. The molecule has 0 unspecified atom stereocenters. The highest BCUT2D eigenvalue weighted by Gasteiger charge is 2.01. The Morgan fingerprint density at radius 3 is 2.85 bits per heavy atom. The van der Waals surface area contributed by atoms with Gasteiger partial charge in [0.15, 0.2) is 6.29 Å². The van der Waals surface area contributed by atoms with Crippen LogP contribution in [0.25, 0.3) is 0 Å². The van der Waals surface area contributed by atoms with Gasteiger partial charge in [-0.1, -0.05) is 0 Å². The van der Waals surface area contributed by atoms with Crippen LogP contribution in [0, 0.1) is 0 Å². The molecule has 1 rings (SSSR count). The van der Waals surface area contributed by atoms with Gasteiger partial charge < -0.3 is 0 Å². The summed E-state index contributed by atoms with van der Waals surface area (Å²) in [5, 5.41) is 0. The van der Waals surface area contributed by atoms with Crippen molar-refractivity contribution in [3.05, 3.63) is 21.9 Å². The van der Waals surface area contributed by atoms with E-state index in [1.807, 2.05) is 6.07 Å². The van der Waals surface area contributed by atoms with Crippen LogP contribution >= 0.6 is 11.3 Å². The van der Waals surface area contributed by atoms with Crippen molar-refractivity contribution in [1.82, 2.24) is 0 Å². The molecule has 1 aromatic heterocycles. The van der Waals surface area contributed by atoms with Gasteiger partial charge in [-0.3, -0.25) is 9.59 Å². The molecule has 0 aromatic carbocycles. The Kier molecular flexibility index (Phi) is 3.76. The normalized spacial score (nSPS) is 9.92. The molecule has 0 N–H and O–H groups in total. The van der Waals surface area contributed by atoms with Gasteiger partial charge in [-0.05, 0) is 25.0 Å². The Bertz CT molecular complexity index is 306. The van der Waals surface area contributed by atoms with Crippen LogP contribution in [0.15, 0.2) is 12.1 Å². The van der Waals surface area contributed by atoms with E-state index in [0.717, 1.165) is 11.2 Å². The topological polar surface area (TPSA) is 34.1 Å². The van der Waals surface area contributed by atoms with Crippen molar-refractivity contribution in [3.8, 4) is 0 Å². The Morgan fingerprint density at radius 1 is 1.54 bits per heavy atom. The quantitative estimate of drug-likeness (QED) is 0.540. The molecule has 1 heterocycles. The molecule has 0 saturated carbocycles. The van der Waals surface area contributed by atoms with E-state index in [1.165, 1.54) is 11.3 Å². The fourth-order valence-corrected chi connectivity index (χ4v) is 1.86. The molecule has 0 fully saturated rings. The van der Waals surface area contributed by atoms with Crippen molar-refractivity contribution in [1.29, 1.82) is 0 Å². The number of halogens is 1. The largest absolute Gasteiger partial charge is 0.301 e. The maximum absolute atomic E-state index is 11.8. The SMILES string of the molecule is O=Cc1ccc(CCCC(=O)F)s1. The maximum Gasteiger partial charge on any atom is 0.301 e. The van der Waals surface area contributed by atoms with Crippen LogP contribution in [0.3, 0.4) is 0 Å². The minimum absolute atomic E-state index is 0.0334. The number of hydrogen-bond acceptors (Lipinski definition) is 3. The highest BCUT2D eigenvalue weighted by molar-refractivity contribution is 7.13. The molecule has 0 aliphatic carbocycles. The number of hydrogen-bond donors (Lipinski definition) is 0. The highest BCUT2D eigenvalue weighted by atomic mass is 32.1. The summed E-state index contributed by atoms with van der Waals surface area (Å²) < 4.78 is 11.8. The standard InChI is InChI=1S/C9H9FO2S/c10-9(12)3-1-2-7-4-5-8(6-11)13-7/h4-6H,1-3H2. The first-order valence-corrected chi connectivity index (χ1v) is 4.76. The van der Waals surface area contributed by atoms with E-state index in [4.69, 9.17) is 0 Å². The lowest BCUT2D eigenvalue weighted by Crippen LogP contribution is -1.88. The third-order valence-corrected chi connectivity index (χ3v) is 2.67. The summed E-state index contributed by atoms with van der Waals surface area (Å²) in [6.45, 7) is 0. The van der Waals surface area contributed by atoms with Crippen LogP contribution in [-0.2, 0) is 11.2 Å². The Labute approximate surface area is 79.4 Å². The molecule has 13 heavy (non-hydrogen) atoms. The molecule has 0 radical (unpaired) electrons. The average Bonchev–Trinajstić information content (AvgIpc) is 2.52. The molecular weight excluding hydrogens is 191 g/mol. The molecule has 0 atom stereocenters. The lowest BCUT2D eigenvalue weighted by molar-refractivity contribution is -0.129. The number of aldehydes is 1. The lowest BCUT2D eigenvalue weighted by Gasteiger charge is -1.92. The van der Waals surface area contributed by atoms with Crippen LogP contribution in [-0.4, -0.2) is 12.3 Å². The van der Waals surface area contributed by atoms with Gasteiger partial charge in [-0.2, -0.15) is 4.39 Å². The summed E-state index contributed by atoms with van der Waals surface area (Å²) in [5.74, 6) is 0. The van der Waals surface area contributed by atoms with E-state index in [2.05, 4.69) is 0 Å². The first-order valence-electron chi connectivity index (χ1n) is 3.94. The van der Waals surface area contributed by atoms with E-state index >= 15 is 0 Å². The van der Waals surface area contributed by atoms with Crippen LogP contribution in [0.1, 0.15) is 27.4 Å². The van der Waals surface area contributed by atoms with E-state index in [1.54, 1.807) is 6.07 Å². The predicted molar refractivity (Wildman–Crippen MR) is 48.8 cm³/mol. The number of rotatable bonds is 5. The minimum atomic E-state index is -1.27. The van der Waals surface area contributed by atoms with Gasteiger partial charge in [0, 0.05) is 11.3 Å². The first kappa shape index (κ1) is 10.1. The van der Waals surface area contributed by atoms with Crippen molar-refractivity contribution in [2.24, 2.45) is 0 Å². The summed E-state index contributed by atoms with van der Waals surface area (Å²) in [4.78, 5) is 22.0. The molecular formula is C9H9FO2S. The van der Waals surface area contributed by atoms with E-state index < -0.39 is 6.04 Å². The smallest absolute Gasteiger partial charge is 0.297 e. The summed E-state index contributed by atoms with van der Waals surface area (Å²) in [7, 11) is 0. The van der Waals surface area contributed by atoms with Gasteiger partial charge in [-0.15, -0.1) is 11.3 Å². The van der Waals surface area contributed by atoms with Gasteiger partial charge in [0.25, 0.3) is 0 Å². The number of thiophene rings is 1. The first-order chi connectivity index (χ1) is 6.22. The Hall–Kier alpha value is -1.03. The monoisotopic (exact) mass is 200 g/mol. The zero-order chi connectivity index (χ0) is 9.68. The molecule has 0 aliphatic rings. The summed E-state index contributed by atoms with van der Waals surface area (Å²) in [6, 6.07) is 2.29. The third-order valence-electron chi connectivity index (χ3n) is 1.60. The van der Waals surface area contributed by atoms with Crippen LogP contribution in [0.2, 0.25) is 0 Å². The predicted octanol–water partition coefficient (Wildman–Crippen LogP) is 2.38. The molecule has 0 aliphatic heterocycles. The second kappa shape index (κ2) is 4.87. The van der Waals surface area contributed by atoms with Crippen molar-refractivity contribution in [2.45, 2.75) is 19.3 Å².